The minimum atomic E-state index is -3.99. The Morgan fingerprint density at radius 1 is 1.00 bits per heavy atom. The Bertz CT molecular complexity index is 1500. The normalized spacial score (nSPS) is 17.3. The lowest BCUT2D eigenvalue weighted by Crippen LogP contribution is -2.29. The molecule has 0 radical (unpaired) electrons. The number of anilines is 1. The summed E-state index contributed by atoms with van der Waals surface area (Å²) >= 11 is 0. The number of methoxy groups -OCH3 is 1. The van der Waals surface area contributed by atoms with Crippen molar-refractivity contribution in [3.05, 3.63) is 99.6 Å². The van der Waals surface area contributed by atoms with Crippen LogP contribution in [0.4, 0.5) is 11.4 Å². The number of Topliss-reactive ketones (excluding diaryl/α,β-unsaturated/α-hetero) is 1. The molecular weight excluding hydrogens is 490 g/mol. The molecule has 12 heteroatoms. The molecule has 0 aromatic heterocycles. The van der Waals surface area contributed by atoms with Crippen LogP contribution in [0.3, 0.4) is 0 Å². The second-order valence-corrected chi connectivity index (χ2v) is 9.35. The van der Waals surface area contributed by atoms with E-state index >= 15 is 0 Å². The summed E-state index contributed by atoms with van der Waals surface area (Å²) in [5, 5.41) is 27.2. The highest BCUT2D eigenvalue weighted by Gasteiger charge is 2.47. The number of rotatable bonds is 6. The second-order valence-electron chi connectivity index (χ2n) is 7.79. The van der Waals surface area contributed by atoms with Crippen molar-refractivity contribution in [2.24, 2.45) is 5.14 Å². The maximum atomic E-state index is 13.2. The average molecular weight is 509 g/mol. The molecule has 1 aliphatic heterocycles. The number of primary sulfonamides is 1. The van der Waals surface area contributed by atoms with Crippen molar-refractivity contribution in [2.75, 3.05) is 12.0 Å². The summed E-state index contributed by atoms with van der Waals surface area (Å²) in [6, 6.07) is 15.3. The van der Waals surface area contributed by atoms with Crippen LogP contribution in [-0.4, -0.2) is 37.2 Å². The SMILES string of the molecule is COc1ccc(C2/C(=C(\O)c3ccc([N+](=O)[O-])cc3)C(=O)C(=O)N2c2ccc(S(N)(=O)=O)cc2)cc1. The van der Waals surface area contributed by atoms with Crippen LogP contribution in [0, 0.1) is 10.1 Å². The number of aliphatic hydroxyl groups is 1. The van der Waals surface area contributed by atoms with Gasteiger partial charge in [-0.3, -0.25) is 24.6 Å². The van der Waals surface area contributed by atoms with Crippen LogP contribution in [0.2, 0.25) is 0 Å². The molecular formula is C24H19N3O8S. The number of carbonyl (C=O) groups excluding carboxylic acids is 2. The summed E-state index contributed by atoms with van der Waals surface area (Å²) < 4.78 is 28.5. The summed E-state index contributed by atoms with van der Waals surface area (Å²) in [6.45, 7) is 0. The Balaban J connectivity index is 1.89. The number of non-ortho nitro benzene ring substituents is 1. The number of hydrogen-bond donors (Lipinski definition) is 2. The van der Waals surface area contributed by atoms with Gasteiger partial charge in [-0.05, 0) is 54.1 Å². The van der Waals surface area contributed by atoms with Gasteiger partial charge < -0.3 is 9.84 Å². The third kappa shape index (κ3) is 4.42. The number of benzene rings is 3. The van der Waals surface area contributed by atoms with Crippen molar-refractivity contribution in [3.8, 4) is 5.75 Å². The van der Waals surface area contributed by atoms with E-state index in [1.807, 2.05) is 0 Å². The third-order valence-corrected chi connectivity index (χ3v) is 6.60. The predicted molar refractivity (Wildman–Crippen MR) is 129 cm³/mol. The second kappa shape index (κ2) is 9.24. The lowest BCUT2D eigenvalue weighted by atomic mass is 9.95. The number of ether oxygens (including phenoxy) is 1. The molecule has 1 amide bonds. The molecule has 0 spiro atoms. The van der Waals surface area contributed by atoms with Gasteiger partial charge >= 0.3 is 0 Å². The summed E-state index contributed by atoms with van der Waals surface area (Å²) in [5.41, 5.74) is 0.284. The molecule has 0 aliphatic carbocycles. The maximum Gasteiger partial charge on any atom is 0.300 e. The maximum absolute atomic E-state index is 13.2. The van der Waals surface area contributed by atoms with Gasteiger partial charge in [0, 0.05) is 23.4 Å². The van der Waals surface area contributed by atoms with Crippen molar-refractivity contribution in [3.63, 3.8) is 0 Å². The van der Waals surface area contributed by atoms with E-state index in [1.165, 1.54) is 55.6 Å². The van der Waals surface area contributed by atoms with E-state index in [9.17, 15) is 33.2 Å². The van der Waals surface area contributed by atoms with E-state index in [2.05, 4.69) is 0 Å². The number of aliphatic hydroxyl groups excluding tert-OH is 1. The first kappa shape index (κ1) is 24.6. The van der Waals surface area contributed by atoms with Crippen LogP contribution < -0.4 is 14.8 Å². The van der Waals surface area contributed by atoms with Gasteiger partial charge in [0.1, 0.15) is 11.5 Å². The van der Waals surface area contributed by atoms with Gasteiger partial charge in [-0.15, -0.1) is 0 Å². The van der Waals surface area contributed by atoms with Crippen LogP contribution >= 0.6 is 0 Å². The van der Waals surface area contributed by atoms with Crippen LogP contribution in [0.1, 0.15) is 17.2 Å². The van der Waals surface area contributed by atoms with Gasteiger partial charge in [0.25, 0.3) is 17.4 Å². The van der Waals surface area contributed by atoms with Gasteiger partial charge in [-0.2, -0.15) is 0 Å². The molecule has 3 aromatic carbocycles. The van der Waals surface area contributed by atoms with Gasteiger partial charge in [0.2, 0.25) is 10.0 Å². The van der Waals surface area contributed by atoms with Gasteiger partial charge in [-0.25, -0.2) is 13.6 Å². The summed E-state index contributed by atoms with van der Waals surface area (Å²) in [6.07, 6.45) is 0. The first-order chi connectivity index (χ1) is 17.0. The zero-order valence-corrected chi connectivity index (χ0v) is 19.5. The first-order valence-electron chi connectivity index (χ1n) is 10.4. The number of hydrogen-bond acceptors (Lipinski definition) is 8. The fourth-order valence-corrected chi connectivity index (χ4v) is 4.41. The Morgan fingerprint density at radius 2 is 1.58 bits per heavy atom. The number of amides is 1. The Morgan fingerprint density at radius 3 is 2.08 bits per heavy atom. The largest absolute Gasteiger partial charge is 0.507 e. The van der Waals surface area contributed by atoms with Gasteiger partial charge in [0.05, 0.1) is 28.5 Å². The van der Waals surface area contributed by atoms with E-state index in [4.69, 9.17) is 9.88 Å². The first-order valence-corrected chi connectivity index (χ1v) is 11.9. The molecule has 1 saturated heterocycles. The molecule has 3 aromatic rings. The Hall–Kier alpha value is -4.55. The van der Waals surface area contributed by atoms with Crippen LogP contribution in [-0.2, 0) is 19.6 Å². The molecule has 184 valence electrons. The van der Waals surface area contributed by atoms with Crippen LogP contribution in [0.25, 0.3) is 5.76 Å². The van der Waals surface area contributed by atoms with Gasteiger partial charge in [0.15, 0.2) is 0 Å². The van der Waals surface area contributed by atoms with Crippen molar-refractivity contribution in [1.82, 2.24) is 0 Å². The van der Waals surface area contributed by atoms with Crippen molar-refractivity contribution >= 4 is 38.8 Å². The summed E-state index contributed by atoms with van der Waals surface area (Å²) in [4.78, 5) is 37.6. The smallest absolute Gasteiger partial charge is 0.300 e. The highest BCUT2D eigenvalue weighted by Crippen LogP contribution is 2.42. The van der Waals surface area contributed by atoms with E-state index in [0.717, 1.165) is 4.90 Å². The quantitative estimate of drug-likeness (QED) is 0.168. The predicted octanol–water partition coefficient (Wildman–Crippen LogP) is 2.88. The Kier molecular flexibility index (Phi) is 6.31. The monoisotopic (exact) mass is 509 g/mol. The van der Waals surface area contributed by atoms with E-state index in [-0.39, 0.29) is 27.4 Å². The minimum absolute atomic E-state index is 0.0988. The molecule has 36 heavy (non-hydrogen) atoms. The number of sulfonamides is 1. The summed E-state index contributed by atoms with van der Waals surface area (Å²) in [5.74, 6) is -1.94. The molecule has 4 rings (SSSR count). The zero-order valence-electron chi connectivity index (χ0n) is 18.7. The number of nitrogens with two attached hydrogens (primary N) is 1. The van der Waals surface area contributed by atoms with Crippen LogP contribution in [0.5, 0.6) is 5.75 Å². The molecule has 1 heterocycles. The van der Waals surface area contributed by atoms with Crippen molar-refractivity contribution < 1.29 is 32.8 Å². The lowest BCUT2D eigenvalue weighted by Gasteiger charge is -2.25. The number of nitrogens with zero attached hydrogens (tertiary/aromatic N) is 2. The highest BCUT2D eigenvalue weighted by molar-refractivity contribution is 7.89. The minimum Gasteiger partial charge on any atom is -0.507 e. The molecule has 1 fully saturated rings. The average Bonchev–Trinajstić information content (AvgIpc) is 3.13. The molecule has 1 unspecified atom stereocenters. The Labute approximate surface area is 205 Å². The number of nitro groups is 1. The number of nitro benzene ring substituents is 1. The summed E-state index contributed by atoms with van der Waals surface area (Å²) in [7, 11) is -2.52. The molecule has 1 atom stereocenters. The van der Waals surface area contributed by atoms with Gasteiger partial charge in [-0.1, -0.05) is 12.1 Å². The van der Waals surface area contributed by atoms with Crippen molar-refractivity contribution in [2.45, 2.75) is 10.9 Å². The van der Waals surface area contributed by atoms with Crippen molar-refractivity contribution in [1.29, 1.82) is 0 Å². The number of ketones is 1. The van der Waals surface area contributed by atoms with E-state index < -0.39 is 38.4 Å². The standard InChI is InChI=1S/C24H19N3O8S/c1-35-18-10-4-14(5-11-18)21-20(22(28)15-2-6-17(7-3-15)27(31)32)23(29)24(30)26(21)16-8-12-19(13-9-16)36(25,33)34/h2-13,21,28H,1H3,(H2,25,33,34)/b22-20+. The molecule has 1 aliphatic rings. The molecule has 3 N–H and O–H groups in total. The highest BCUT2D eigenvalue weighted by atomic mass is 32.2. The fraction of sp³-hybridized carbons (Fsp3) is 0.0833. The molecule has 0 saturated carbocycles. The number of carbonyl (C=O) groups is 2. The molecule has 0 bridgehead atoms. The zero-order chi connectivity index (χ0) is 26.2. The molecule has 11 nitrogen and oxygen atoms in total. The van der Waals surface area contributed by atoms with E-state index in [0.29, 0.717) is 11.3 Å². The lowest BCUT2D eigenvalue weighted by molar-refractivity contribution is -0.384. The fourth-order valence-electron chi connectivity index (χ4n) is 3.89. The third-order valence-electron chi connectivity index (χ3n) is 5.67. The topological polar surface area (TPSA) is 170 Å². The van der Waals surface area contributed by atoms with Crippen LogP contribution in [0.15, 0.2) is 83.3 Å². The van der Waals surface area contributed by atoms with E-state index in [1.54, 1.807) is 24.3 Å².